The molecule has 4 nitrogen and oxygen atoms in total. The van der Waals surface area contributed by atoms with Crippen LogP contribution < -0.4 is 11.1 Å². The third-order valence-electron chi connectivity index (χ3n) is 3.12. The molecule has 1 saturated carbocycles. The second kappa shape index (κ2) is 5.59. The average molecular weight is 269 g/mol. The minimum absolute atomic E-state index is 0.275. The zero-order chi connectivity index (χ0) is 13.1. The molecular weight excluding hydrogens is 252 g/mol. The van der Waals surface area contributed by atoms with E-state index in [0.29, 0.717) is 23.1 Å². The highest BCUT2D eigenvalue weighted by Crippen LogP contribution is 2.34. The highest BCUT2D eigenvalue weighted by molar-refractivity contribution is 6.33. The summed E-state index contributed by atoms with van der Waals surface area (Å²) in [4.78, 5) is 11.2. The van der Waals surface area contributed by atoms with Crippen molar-refractivity contribution >= 4 is 23.2 Å². The summed E-state index contributed by atoms with van der Waals surface area (Å²) in [6.45, 7) is 0.652. The summed E-state index contributed by atoms with van der Waals surface area (Å²) < 4.78 is 5.20. The lowest BCUT2D eigenvalue weighted by Gasteiger charge is -2.19. The van der Waals surface area contributed by atoms with E-state index in [4.69, 9.17) is 22.1 Å². The van der Waals surface area contributed by atoms with E-state index in [1.807, 2.05) is 6.07 Å². The van der Waals surface area contributed by atoms with Crippen molar-refractivity contribution in [3.63, 3.8) is 0 Å². The molecule has 1 aliphatic rings. The highest BCUT2D eigenvalue weighted by Gasteiger charge is 2.31. The third-order valence-corrected chi connectivity index (χ3v) is 3.45. The van der Waals surface area contributed by atoms with Crippen LogP contribution in [0.1, 0.15) is 23.2 Å². The van der Waals surface area contributed by atoms with Crippen LogP contribution in [0.25, 0.3) is 0 Å². The first-order valence-electron chi connectivity index (χ1n) is 5.96. The molecule has 1 aliphatic carbocycles. The Hall–Kier alpha value is -1.26. The van der Waals surface area contributed by atoms with Gasteiger partial charge in [0.25, 0.3) is 0 Å². The lowest BCUT2D eigenvalue weighted by atomic mass is 10.1. The number of primary amides is 1. The Morgan fingerprint density at radius 2 is 2.33 bits per heavy atom. The summed E-state index contributed by atoms with van der Waals surface area (Å²) >= 11 is 5.91. The van der Waals surface area contributed by atoms with Gasteiger partial charge in [0.15, 0.2) is 0 Å². The molecule has 5 heteroatoms. The number of anilines is 1. The molecule has 0 radical (unpaired) electrons. The number of amides is 1. The standard InChI is InChI=1S/C13H17ClN2O2/c1-18-7-12(8-2-3-8)16-9-4-5-11(14)10(6-9)13(15)17/h4-6,8,12,16H,2-3,7H2,1H3,(H2,15,17). The number of halogens is 1. The van der Waals surface area contributed by atoms with Crippen molar-refractivity contribution in [3.05, 3.63) is 28.8 Å². The largest absolute Gasteiger partial charge is 0.383 e. The van der Waals surface area contributed by atoms with Crippen molar-refractivity contribution in [1.82, 2.24) is 0 Å². The molecule has 0 spiro atoms. The third kappa shape index (κ3) is 3.15. The molecule has 1 aromatic carbocycles. The van der Waals surface area contributed by atoms with Crippen molar-refractivity contribution in [2.45, 2.75) is 18.9 Å². The molecule has 1 amide bonds. The lowest BCUT2D eigenvalue weighted by Crippen LogP contribution is -2.27. The van der Waals surface area contributed by atoms with Crippen molar-refractivity contribution in [2.75, 3.05) is 19.0 Å². The van der Waals surface area contributed by atoms with Crippen molar-refractivity contribution in [1.29, 1.82) is 0 Å². The number of carbonyl (C=O) groups is 1. The quantitative estimate of drug-likeness (QED) is 0.832. The molecule has 1 unspecified atom stereocenters. The summed E-state index contributed by atoms with van der Waals surface area (Å²) in [6.07, 6.45) is 2.44. The van der Waals surface area contributed by atoms with Gasteiger partial charge in [-0.05, 0) is 37.0 Å². The van der Waals surface area contributed by atoms with E-state index in [2.05, 4.69) is 5.32 Å². The van der Waals surface area contributed by atoms with E-state index in [-0.39, 0.29) is 6.04 Å². The van der Waals surface area contributed by atoms with Crippen molar-refractivity contribution < 1.29 is 9.53 Å². The SMILES string of the molecule is COCC(Nc1ccc(Cl)c(C(N)=O)c1)C1CC1. The van der Waals surface area contributed by atoms with Gasteiger partial charge in [-0.25, -0.2) is 0 Å². The summed E-state index contributed by atoms with van der Waals surface area (Å²) in [5.41, 5.74) is 6.46. The Morgan fingerprint density at radius 1 is 1.61 bits per heavy atom. The molecule has 2 rings (SSSR count). The predicted molar refractivity (Wildman–Crippen MR) is 72.0 cm³/mol. The van der Waals surface area contributed by atoms with Crippen LogP contribution in [0.2, 0.25) is 5.02 Å². The fourth-order valence-corrected chi connectivity index (χ4v) is 2.20. The Morgan fingerprint density at radius 3 is 2.89 bits per heavy atom. The van der Waals surface area contributed by atoms with E-state index in [1.54, 1.807) is 19.2 Å². The fourth-order valence-electron chi connectivity index (χ4n) is 1.99. The van der Waals surface area contributed by atoms with Crippen LogP contribution >= 0.6 is 11.6 Å². The number of benzene rings is 1. The normalized spacial score (nSPS) is 16.3. The molecular formula is C13H17ClN2O2. The van der Waals surface area contributed by atoms with Crippen LogP contribution in [0.15, 0.2) is 18.2 Å². The van der Waals surface area contributed by atoms with E-state index in [9.17, 15) is 4.79 Å². The molecule has 0 heterocycles. The Balaban J connectivity index is 2.12. The van der Waals surface area contributed by atoms with E-state index < -0.39 is 5.91 Å². The minimum Gasteiger partial charge on any atom is -0.383 e. The number of hydrogen-bond donors (Lipinski definition) is 2. The summed E-state index contributed by atoms with van der Waals surface area (Å²) in [5.74, 6) is 0.135. The van der Waals surface area contributed by atoms with Gasteiger partial charge in [0.05, 0.1) is 23.2 Å². The number of nitrogens with two attached hydrogens (primary N) is 1. The first kappa shape index (κ1) is 13.2. The first-order chi connectivity index (χ1) is 8.61. The molecule has 0 aliphatic heterocycles. The molecule has 1 atom stereocenters. The van der Waals surface area contributed by atoms with Crippen molar-refractivity contribution in [2.24, 2.45) is 11.7 Å². The van der Waals surface area contributed by atoms with Gasteiger partial charge in [-0.15, -0.1) is 0 Å². The van der Waals surface area contributed by atoms with Crippen LogP contribution in [0.3, 0.4) is 0 Å². The number of ether oxygens (including phenoxy) is 1. The Labute approximate surface area is 111 Å². The Bertz CT molecular complexity index is 447. The van der Waals surface area contributed by atoms with Gasteiger partial charge < -0.3 is 15.8 Å². The van der Waals surface area contributed by atoms with Crippen LogP contribution in [0.4, 0.5) is 5.69 Å². The van der Waals surface area contributed by atoms with E-state index >= 15 is 0 Å². The fraction of sp³-hybridized carbons (Fsp3) is 0.462. The molecule has 1 fully saturated rings. The topological polar surface area (TPSA) is 64.3 Å². The predicted octanol–water partition coefficient (Wildman–Crippen LogP) is 2.28. The number of hydrogen-bond acceptors (Lipinski definition) is 3. The molecule has 18 heavy (non-hydrogen) atoms. The second-order valence-electron chi connectivity index (χ2n) is 4.60. The monoisotopic (exact) mass is 268 g/mol. The maximum absolute atomic E-state index is 11.2. The van der Waals surface area contributed by atoms with Gasteiger partial charge in [0.2, 0.25) is 5.91 Å². The maximum atomic E-state index is 11.2. The van der Waals surface area contributed by atoms with Crippen LogP contribution in [-0.4, -0.2) is 25.7 Å². The smallest absolute Gasteiger partial charge is 0.250 e. The van der Waals surface area contributed by atoms with Gasteiger partial charge in [-0.1, -0.05) is 11.6 Å². The minimum atomic E-state index is -0.515. The maximum Gasteiger partial charge on any atom is 0.250 e. The highest BCUT2D eigenvalue weighted by atomic mass is 35.5. The molecule has 1 aromatic rings. The number of nitrogens with one attached hydrogen (secondary N) is 1. The number of carbonyl (C=O) groups excluding carboxylic acids is 1. The second-order valence-corrected chi connectivity index (χ2v) is 5.01. The zero-order valence-corrected chi connectivity index (χ0v) is 11.0. The Kier molecular flexibility index (Phi) is 4.09. The zero-order valence-electron chi connectivity index (χ0n) is 10.3. The summed E-state index contributed by atoms with van der Waals surface area (Å²) in [7, 11) is 1.69. The van der Waals surface area contributed by atoms with Crippen LogP contribution in [0, 0.1) is 5.92 Å². The number of rotatable bonds is 6. The first-order valence-corrected chi connectivity index (χ1v) is 6.34. The van der Waals surface area contributed by atoms with Gasteiger partial charge in [-0.3, -0.25) is 4.79 Å². The summed E-state index contributed by atoms with van der Waals surface area (Å²) in [5, 5.41) is 3.75. The van der Waals surface area contributed by atoms with Gasteiger partial charge >= 0.3 is 0 Å². The molecule has 0 aromatic heterocycles. The van der Waals surface area contributed by atoms with Crippen LogP contribution in [-0.2, 0) is 4.74 Å². The van der Waals surface area contributed by atoms with E-state index in [1.165, 1.54) is 12.8 Å². The molecule has 98 valence electrons. The molecule has 0 bridgehead atoms. The average Bonchev–Trinajstić information content (AvgIpc) is 3.14. The summed E-state index contributed by atoms with van der Waals surface area (Å²) in [6, 6.07) is 5.49. The van der Waals surface area contributed by atoms with Gasteiger partial charge in [0, 0.05) is 12.8 Å². The lowest BCUT2D eigenvalue weighted by molar-refractivity contribution is 0.100. The van der Waals surface area contributed by atoms with Gasteiger partial charge in [-0.2, -0.15) is 0 Å². The van der Waals surface area contributed by atoms with Crippen molar-refractivity contribution in [3.8, 4) is 0 Å². The van der Waals surface area contributed by atoms with E-state index in [0.717, 1.165) is 5.69 Å². The molecule has 3 N–H and O–H groups in total. The van der Waals surface area contributed by atoms with Gasteiger partial charge in [0.1, 0.15) is 0 Å². The molecule has 0 saturated heterocycles. The van der Waals surface area contributed by atoms with Crippen LogP contribution in [0.5, 0.6) is 0 Å². The number of methoxy groups -OCH3 is 1.